The molecule has 2 aliphatic rings. The summed E-state index contributed by atoms with van der Waals surface area (Å²) in [5.74, 6) is 0.0767. The summed E-state index contributed by atoms with van der Waals surface area (Å²) < 4.78 is 1.86. The number of carbonyl (C=O) groups excluding carboxylic acids is 1. The van der Waals surface area contributed by atoms with E-state index >= 15 is 0 Å². The molecular formula is C21H28N4O2. The first-order chi connectivity index (χ1) is 13.0. The Hall–Kier alpha value is -2.18. The van der Waals surface area contributed by atoms with Gasteiger partial charge in [-0.3, -0.25) is 9.69 Å². The normalized spacial score (nSPS) is 22.9. The number of rotatable bonds is 3. The van der Waals surface area contributed by atoms with Crippen molar-refractivity contribution in [2.45, 2.75) is 38.8 Å². The van der Waals surface area contributed by atoms with Crippen LogP contribution in [0.5, 0.6) is 0 Å². The summed E-state index contributed by atoms with van der Waals surface area (Å²) in [5.41, 5.74) is 2.46. The molecule has 1 aromatic carbocycles. The predicted octanol–water partition coefficient (Wildman–Crippen LogP) is 2.07. The number of aliphatic hydroxyl groups excluding tert-OH is 1. The molecule has 27 heavy (non-hydrogen) atoms. The lowest BCUT2D eigenvalue weighted by atomic mass is 9.71. The Morgan fingerprint density at radius 1 is 1.26 bits per heavy atom. The molecule has 6 nitrogen and oxygen atoms in total. The van der Waals surface area contributed by atoms with Gasteiger partial charge in [0, 0.05) is 39.0 Å². The summed E-state index contributed by atoms with van der Waals surface area (Å²) >= 11 is 0. The second-order valence-electron chi connectivity index (χ2n) is 8.15. The van der Waals surface area contributed by atoms with Crippen LogP contribution in [-0.4, -0.2) is 62.9 Å². The van der Waals surface area contributed by atoms with Gasteiger partial charge in [-0.1, -0.05) is 12.1 Å². The number of β-amino-alcohol motifs (C(OH)–C–C–N with tert-alkyl or cyclic N) is 1. The van der Waals surface area contributed by atoms with Crippen LogP contribution in [0.4, 0.5) is 0 Å². The molecule has 0 saturated carbocycles. The molecule has 1 N–H and O–H groups in total. The van der Waals surface area contributed by atoms with Crippen LogP contribution in [0, 0.1) is 5.41 Å². The maximum absolute atomic E-state index is 11.8. The minimum absolute atomic E-state index is 0.0767. The number of likely N-dealkylation sites (tertiary alicyclic amines) is 2. The van der Waals surface area contributed by atoms with Gasteiger partial charge in [-0.05, 0) is 61.5 Å². The van der Waals surface area contributed by atoms with Crippen molar-refractivity contribution < 1.29 is 9.90 Å². The fourth-order valence-electron chi connectivity index (χ4n) is 4.57. The molecule has 0 bridgehead atoms. The largest absolute Gasteiger partial charge is 0.391 e. The number of hydrogen-bond donors (Lipinski definition) is 1. The summed E-state index contributed by atoms with van der Waals surface area (Å²) in [6.07, 6.45) is 6.25. The van der Waals surface area contributed by atoms with Crippen molar-refractivity contribution in [3.8, 4) is 5.69 Å². The van der Waals surface area contributed by atoms with Crippen molar-refractivity contribution in [3.63, 3.8) is 0 Å². The van der Waals surface area contributed by atoms with Gasteiger partial charge in [0.05, 0.1) is 11.8 Å². The van der Waals surface area contributed by atoms with Crippen molar-refractivity contribution in [2.24, 2.45) is 5.41 Å². The molecule has 144 valence electrons. The molecule has 4 rings (SSSR count). The Morgan fingerprint density at radius 3 is 2.63 bits per heavy atom. The molecule has 2 aliphatic heterocycles. The van der Waals surface area contributed by atoms with E-state index in [1.807, 2.05) is 21.8 Å². The molecule has 1 amide bonds. The standard InChI is InChI=1S/C21H28N4O2/c1-17(26)24-15-20(27)13-21(16-24)7-11-23(12-8-21)14-18-3-5-19(6-4-18)25-10-2-9-22-25/h2-6,9-10,20,27H,7-8,11-16H2,1H3. The van der Waals surface area contributed by atoms with Gasteiger partial charge in [0.2, 0.25) is 5.91 Å². The van der Waals surface area contributed by atoms with Crippen LogP contribution in [-0.2, 0) is 11.3 Å². The SMILES string of the molecule is CC(=O)N1CC(O)CC2(CCN(Cc3ccc(-n4cccn4)cc3)CC2)C1. The summed E-state index contributed by atoms with van der Waals surface area (Å²) in [7, 11) is 0. The highest BCUT2D eigenvalue weighted by atomic mass is 16.3. The van der Waals surface area contributed by atoms with E-state index in [0.717, 1.165) is 51.1 Å². The minimum Gasteiger partial charge on any atom is -0.391 e. The lowest BCUT2D eigenvalue weighted by Gasteiger charge is -2.49. The zero-order chi connectivity index (χ0) is 18.9. The fourth-order valence-corrected chi connectivity index (χ4v) is 4.57. The van der Waals surface area contributed by atoms with Gasteiger partial charge in [0.25, 0.3) is 0 Å². The maximum Gasteiger partial charge on any atom is 0.219 e. The van der Waals surface area contributed by atoms with Crippen LogP contribution in [0.1, 0.15) is 31.7 Å². The van der Waals surface area contributed by atoms with Crippen LogP contribution < -0.4 is 0 Å². The molecule has 6 heteroatoms. The van der Waals surface area contributed by atoms with Gasteiger partial charge in [-0.15, -0.1) is 0 Å². The summed E-state index contributed by atoms with van der Waals surface area (Å²) in [6.45, 7) is 5.86. The zero-order valence-corrected chi connectivity index (χ0v) is 15.9. The highest BCUT2D eigenvalue weighted by molar-refractivity contribution is 5.73. The first-order valence-electron chi connectivity index (χ1n) is 9.78. The number of aromatic nitrogens is 2. The lowest BCUT2D eigenvalue weighted by Crippen LogP contribution is -2.54. The van der Waals surface area contributed by atoms with E-state index in [1.165, 1.54) is 5.56 Å². The number of carbonyl (C=O) groups is 1. The summed E-state index contributed by atoms with van der Waals surface area (Å²) in [6, 6.07) is 10.5. The molecule has 3 heterocycles. The van der Waals surface area contributed by atoms with Crippen LogP contribution >= 0.6 is 0 Å². The fraction of sp³-hybridized carbons (Fsp3) is 0.524. The van der Waals surface area contributed by atoms with Crippen molar-refractivity contribution in [1.29, 1.82) is 0 Å². The summed E-state index contributed by atoms with van der Waals surface area (Å²) in [5, 5.41) is 14.5. The molecular weight excluding hydrogens is 340 g/mol. The van der Waals surface area contributed by atoms with Gasteiger partial charge < -0.3 is 10.0 Å². The molecule has 1 atom stereocenters. The Bertz CT molecular complexity index is 764. The van der Waals surface area contributed by atoms with Gasteiger partial charge in [0.15, 0.2) is 0 Å². The Balaban J connectivity index is 1.35. The van der Waals surface area contributed by atoms with E-state index in [0.29, 0.717) is 6.54 Å². The van der Waals surface area contributed by atoms with Crippen molar-refractivity contribution >= 4 is 5.91 Å². The third-order valence-electron chi connectivity index (χ3n) is 6.10. The van der Waals surface area contributed by atoms with Crippen LogP contribution in [0.15, 0.2) is 42.7 Å². The van der Waals surface area contributed by atoms with E-state index in [-0.39, 0.29) is 17.4 Å². The second kappa shape index (κ2) is 7.44. The molecule has 1 aromatic heterocycles. The van der Waals surface area contributed by atoms with Gasteiger partial charge in [-0.25, -0.2) is 4.68 Å². The number of hydrogen-bond acceptors (Lipinski definition) is 4. The smallest absolute Gasteiger partial charge is 0.219 e. The molecule has 2 aromatic rings. The molecule has 1 unspecified atom stereocenters. The third-order valence-corrected chi connectivity index (χ3v) is 6.10. The molecule has 2 fully saturated rings. The van der Waals surface area contributed by atoms with Gasteiger partial charge in [0.1, 0.15) is 0 Å². The number of benzene rings is 1. The van der Waals surface area contributed by atoms with Crippen LogP contribution in [0.2, 0.25) is 0 Å². The quantitative estimate of drug-likeness (QED) is 0.901. The lowest BCUT2D eigenvalue weighted by molar-refractivity contribution is -0.138. The van der Waals surface area contributed by atoms with Crippen LogP contribution in [0.3, 0.4) is 0 Å². The summed E-state index contributed by atoms with van der Waals surface area (Å²) in [4.78, 5) is 16.1. The van der Waals surface area contributed by atoms with E-state index in [2.05, 4.69) is 34.3 Å². The molecule has 1 spiro atoms. The minimum atomic E-state index is -0.385. The predicted molar refractivity (Wildman–Crippen MR) is 103 cm³/mol. The van der Waals surface area contributed by atoms with Crippen molar-refractivity contribution in [3.05, 3.63) is 48.3 Å². The molecule has 2 saturated heterocycles. The molecule has 0 aliphatic carbocycles. The van der Waals surface area contributed by atoms with Gasteiger partial charge in [-0.2, -0.15) is 5.10 Å². The Kier molecular flexibility index (Phi) is 5.02. The maximum atomic E-state index is 11.8. The highest BCUT2D eigenvalue weighted by Crippen LogP contribution is 2.40. The number of amides is 1. The Labute approximate surface area is 160 Å². The zero-order valence-electron chi connectivity index (χ0n) is 15.9. The second-order valence-corrected chi connectivity index (χ2v) is 8.15. The first kappa shape index (κ1) is 18.2. The first-order valence-corrected chi connectivity index (χ1v) is 9.78. The van der Waals surface area contributed by atoms with Crippen molar-refractivity contribution in [1.82, 2.24) is 19.6 Å². The molecule has 0 radical (unpaired) electrons. The third kappa shape index (κ3) is 4.06. The van der Waals surface area contributed by atoms with E-state index in [9.17, 15) is 9.90 Å². The van der Waals surface area contributed by atoms with E-state index in [1.54, 1.807) is 13.1 Å². The average Bonchev–Trinajstić information content (AvgIpc) is 3.19. The Morgan fingerprint density at radius 2 is 2.00 bits per heavy atom. The van der Waals surface area contributed by atoms with E-state index in [4.69, 9.17) is 0 Å². The van der Waals surface area contributed by atoms with E-state index < -0.39 is 0 Å². The topological polar surface area (TPSA) is 61.6 Å². The van der Waals surface area contributed by atoms with Crippen molar-refractivity contribution in [2.75, 3.05) is 26.2 Å². The number of nitrogens with zero attached hydrogens (tertiary/aromatic N) is 4. The van der Waals surface area contributed by atoms with Crippen LogP contribution in [0.25, 0.3) is 5.69 Å². The number of piperidine rings is 2. The average molecular weight is 368 g/mol. The number of aliphatic hydroxyl groups is 1. The van der Waals surface area contributed by atoms with Gasteiger partial charge >= 0.3 is 0 Å². The monoisotopic (exact) mass is 368 g/mol. The highest BCUT2D eigenvalue weighted by Gasteiger charge is 2.42.